The highest BCUT2D eigenvalue weighted by Crippen LogP contribution is 2.23. The summed E-state index contributed by atoms with van der Waals surface area (Å²) in [6.45, 7) is 0. The molecule has 0 bridgehead atoms. The molecule has 94 valence electrons. The maximum absolute atomic E-state index is 9.14. The van der Waals surface area contributed by atoms with Crippen LogP contribution < -0.4 is 5.36 Å². The van der Waals surface area contributed by atoms with Gasteiger partial charge in [0.25, 0.3) is 0 Å². The van der Waals surface area contributed by atoms with E-state index in [9.17, 15) is 0 Å². The zero-order valence-electron chi connectivity index (χ0n) is 9.88. The average molecular weight is 272 g/mol. The molecule has 0 saturated carbocycles. The Hall–Kier alpha value is -2.26. The minimum Gasteiger partial charge on any atom is -0.456 e. The second-order valence-corrected chi connectivity index (χ2v) is 4.54. The second kappa shape index (κ2) is 4.78. The minimum atomic E-state index is 0.433. The Kier molecular flexibility index (Phi) is 2.97. The molecule has 4 heteroatoms. The molecule has 0 saturated heterocycles. The van der Waals surface area contributed by atoms with Crippen LogP contribution in [-0.2, 0) is 0 Å². The van der Waals surface area contributed by atoms with E-state index < -0.39 is 0 Å². The van der Waals surface area contributed by atoms with Crippen molar-refractivity contribution in [2.75, 3.05) is 0 Å². The van der Waals surface area contributed by atoms with Gasteiger partial charge in [-0.05, 0) is 18.2 Å². The standard InChI is InChI=1S/C15H10ClNO2/c16-11-6-7-14-12(8-11)13(17-18)9-15(19-14)10-4-2-1-3-5-10/h1-9,18H/b17-13-. The van der Waals surface area contributed by atoms with Gasteiger partial charge in [0.05, 0.1) is 0 Å². The van der Waals surface area contributed by atoms with Crippen LogP contribution in [0.3, 0.4) is 0 Å². The molecule has 0 aliphatic carbocycles. The lowest BCUT2D eigenvalue weighted by molar-refractivity contribution is 0.302. The van der Waals surface area contributed by atoms with Crippen LogP contribution in [0.15, 0.2) is 64.2 Å². The highest BCUT2D eigenvalue weighted by molar-refractivity contribution is 6.31. The van der Waals surface area contributed by atoms with E-state index in [1.165, 1.54) is 0 Å². The smallest absolute Gasteiger partial charge is 0.137 e. The molecule has 1 N–H and O–H groups in total. The van der Waals surface area contributed by atoms with Crippen molar-refractivity contribution in [2.24, 2.45) is 5.16 Å². The number of hydrogen-bond acceptors (Lipinski definition) is 3. The van der Waals surface area contributed by atoms with Gasteiger partial charge in [-0.25, -0.2) is 0 Å². The van der Waals surface area contributed by atoms with Crippen molar-refractivity contribution in [3.63, 3.8) is 0 Å². The van der Waals surface area contributed by atoms with E-state index in [1.807, 2.05) is 30.3 Å². The molecule has 0 fully saturated rings. The van der Waals surface area contributed by atoms with Gasteiger partial charge in [0.1, 0.15) is 16.7 Å². The van der Waals surface area contributed by atoms with E-state index in [0.29, 0.717) is 27.1 Å². The van der Waals surface area contributed by atoms with E-state index in [-0.39, 0.29) is 0 Å². The maximum atomic E-state index is 9.14. The predicted octanol–water partition coefficient (Wildman–Crippen LogP) is 4.04. The summed E-state index contributed by atoms with van der Waals surface area (Å²) >= 11 is 5.94. The number of benzene rings is 2. The van der Waals surface area contributed by atoms with Crippen LogP contribution in [0.25, 0.3) is 22.3 Å². The summed E-state index contributed by atoms with van der Waals surface area (Å²) in [6.07, 6.45) is 0. The van der Waals surface area contributed by atoms with Gasteiger partial charge in [-0.3, -0.25) is 0 Å². The third-order valence-electron chi connectivity index (χ3n) is 2.87. The van der Waals surface area contributed by atoms with E-state index in [1.54, 1.807) is 24.3 Å². The van der Waals surface area contributed by atoms with Crippen LogP contribution in [-0.4, -0.2) is 5.21 Å². The maximum Gasteiger partial charge on any atom is 0.137 e. The Balaban J connectivity index is 2.33. The third-order valence-corrected chi connectivity index (χ3v) is 3.11. The van der Waals surface area contributed by atoms with Crippen molar-refractivity contribution in [1.29, 1.82) is 0 Å². The number of hydrogen-bond donors (Lipinski definition) is 1. The highest BCUT2D eigenvalue weighted by atomic mass is 35.5. The molecule has 2 aromatic carbocycles. The lowest BCUT2D eigenvalue weighted by Gasteiger charge is -2.04. The molecule has 0 spiro atoms. The van der Waals surface area contributed by atoms with E-state index >= 15 is 0 Å². The van der Waals surface area contributed by atoms with E-state index in [0.717, 1.165) is 5.56 Å². The summed E-state index contributed by atoms with van der Waals surface area (Å²) < 4.78 is 5.82. The van der Waals surface area contributed by atoms with Gasteiger partial charge in [-0.15, -0.1) is 0 Å². The fourth-order valence-electron chi connectivity index (χ4n) is 1.97. The van der Waals surface area contributed by atoms with Crippen LogP contribution in [0.1, 0.15) is 0 Å². The zero-order valence-corrected chi connectivity index (χ0v) is 10.6. The van der Waals surface area contributed by atoms with Crippen molar-refractivity contribution in [1.82, 2.24) is 0 Å². The van der Waals surface area contributed by atoms with Crippen molar-refractivity contribution in [3.8, 4) is 11.3 Å². The van der Waals surface area contributed by atoms with Gasteiger partial charge in [-0.2, -0.15) is 0 Å². The largest absolute Gasteiger partial charge is 0.456 e. The molecule has 1 aromatic heterocycles. The summed E-state index contributed by atoms with van der Waals surface area (Å²) in [4.78, 5) is 0. The molecule has 0 aliphatic rings. The quantitative estimate of drug-likeness (QED) is 0.536. The number of fused-ring (bicyclic) bond motifs is 1. The molecule has 0 aliphatic heterocycles. The van der Waals surface area contributed by atoms with Crippen LogP contribution in [0.5, 0.6) is 0 Å². The first-order valence-corrected chi connectivity index (χ1v) is 6.12. The van der Waals surface area contributed by atoms with Gasteiger partial charge < -0.3 is 9.62 Å². The summed E-state index contributed by atoms with van der Waals surface area (Å²) in [7, 11) is 0. The zero-order chi connectivity index (χ0) is 13.2. The van der Waals surface area contributed by atoms with Crippen molar-refractivity contribution < 1.29 is 9.62 Å². The van der Waals surface area contributed by atoms with Gasteiger partial charge in [0.15, 0.2) is 0 Å². The first-order chi connectivity index (χ1) is 9.28. The lowest BCUT2D eigenvalue weighted by atomic mass is 10.1. The Labute approximate surface area is 114 Å². The molecule has 3 rings (SSSR count). The Morgan fingerprint density at radius 2 is 1.79 bits per heavy atom. The normalized spacial score (nSPS) is 11.9. The third kappa shape index (κ3) is 2.20. The van der Waals surface area contributed by atoms with Crippen LogP contribution in [0.2, 0.25) is 5.02 Å². The van der Waals surface area contributed by atoms with Crippen molar-refractivity contribution in [3.05, 3.63) is 65.0 Å². The summed E-state index contributed by atoms with van der Waals surface area (Å²) in [6, 6.07) is 16.5. The number of nitrogens with zero attached hydrogens (tertiary/aromatic N) is 1. The first kappa shape index (κ1) is 11.8. The molecule has 0 atom stereocenters. The van der Waals surface area contributed by atoms with Gasteiger partial charge in [-0.1, -0.05) is 47.1 Å². The summed E-state index contributed by atoms with van der Waals surface area (Å²) in [5.74, 6) is 0.642. The van der Waals surface area contributed by atoms with Crippen LogP contribution in [0.4, 0.5) is 0 Å². The number of rotatable bonds is 1. The average Bonchev–Trinajstić information content (AvgIpc) is 2.47. The van der Waals surface area contributed by atoms with E-state index in [4.69, 9.17) is 21.2 Å². The first-order valence-electron chi connectivity index (χ1n) is 5.75. The fraction of sp³-hybridized carbons (Fsp3) is 0. The predicted molar refractivity (Wildman–Crippen MR) is 74.0 cm³/mol. The summed E-state index contributed by atoms with van der Waals surface area (Å²) in [5, 5.41) is 14.1. The lowest BCUT2D eigenvalue weighted by Crippen LogP contribution is -2.03. The Morgan fingerprint density at radius 3 is 2.53 bits per heavy atom. The van der Waals surface area contributed by atoms with Gasteiger partial charge in [0.2, 0.25) is 0 Å². The topological polar surface area (TPSA) is 45.7 Å². The Morgan fingerprint density at radius 1 is 1.00 bits per heavy atom. The van der Waals surface area contributed by atoms with Crippen LogP contribution in [0, 0.1) is 0 Å². The van der Waals surface area contributed by atoms with Crippen molar-refractivity contribution >= 4 is 22.6 Å². The van der Waals surface area contributed by atoms with Gasteiger partial charge in [0, 0.05) is 22.0 Å². The molecule has 1 heterocycles. The highest BCUT2D eigenvalue weighted by Gasteiger charge is 2.06. The van der Waals surface area contributed by atoms with Crippen molar-refractivity contribution in [2.45, 2.75) is 0 Å². The van der Waals surface area contributed by atoms with E-state index in [2.05, 4.69) is 5.16 Å². The second-order valence-electron chi connectivity index (χ2n) is 4.10. The SMILES string of the molecule is O/N=c1/cc(-c2ccccc2)oc2ccc(Cl)cc12. The molecule has 19 heavy (non-hydrogen) atoms. The summed E-state index contributed by atoms with van der Waals surface area (Å²) in [5.41, 5.74) is 1.54. The molecule has 0 amide bonds. The number of halogens is 1. The molecule has 0 unspecified atom stereocenters. The molecule has 3 aromatic rings. The van der Waals surface area contributed by atoms with Gasteiger partial charge >= 0.3 is 0 Å². The molecular formula is C15H10ClNO2. The van der Waals surface area contributed by atoms with Crippen LogP contribution >= 0.6 is 11.6 Å². The monoisotopic (exact) mass is 271 g/mol. The molecular weight excluding hydrogens is 262 g/mol. The molecule has 0 radical (unpaired) electrons. The molecule has 3 nitrogen and oxygen atoms in total. The Bertz CT molecular complexity index is 794. The fourth-order valence-corrected chi connectivity index (χ4v) is 2.14. The minimum absolute atomic E-state index is 0.433.